The molecule has 0 unspecified atom stereocenters. The van der Waals surface area contributed by atoms with Crippen LogP contribution in [0.1, 0.15) is 20.3 Å². The lowest BCUT2D eigenvalue weighted by Crippen LogP contribution is -2.39. The van der Waals surface area contributed by atoms with Crippen LogP contribution in [0, 0.1) is 5.92 Å². The molecule has 0 bridgehead atoms. The van der Waals surface area contributed by atoms with Crippen molar-refractivity contribution >= 4 is 16.0 Å². The maximum atomic E-state index is 11.2. The van der Waals surface area contributed by atoms with E-state index in [4.69, 9.17) is 10.9 Å². The molecular formula is C7H18N4O3S. The number of nitrogens with zero attached hydrogens (tertiary/aromatic N) is 1. The van der Waals surface area contributed by atoms with E-state index in [1.165, 1.54) is 0 Å². The summed E-state index contributed by atoms with van der Waals surface area (Å²) in [4.78, 5) is 0. The summed E-state index contributed by atoms with van der Waals surface area (Å²) in [5, 5.41) is 10.9. The number of amidine groups is 1. The highest BCUT2D eigenvalue weighted by atomic mass is 32.2. The molecule has 0 aliphatic carbocycles. The highest BCUT2D eigenvalue weighted by Crippen LogP contribution is 1.89. The molecule has 0 spiro atoms. The summed E-state index contributed by atoms with van der Waals surface area (Å²) in [6, 6.07) is 0. The fourth-order valence-electron chi connectivity index (χ4n) is 0.691. The monoisotopic (exact) mass is 238 g/mol. The van der Waals surface area contributed by atoms with Gasteiger partial charge < -0.3 is 10.9 Å². The first-order valence-corrected chi connectivity index (χ1v) is 6.06. The average Bonchev–Trinajstić information content (AvgIpc) is 2.14. The normalized spacial score (nSPS) is 13.4. The van der Waals surface area contributed by atoms with Crippen molar-refractivity contribution in [3.63, 3.8) is 0 Å². The van der Waals surface area contributed by atoms with Gasteiger partial charge in [-0.05, 0) is 5.92 Å². The first-order valence-electron chi connectivity index (χ1n) is 4.58. The number of oxime groups is 1. The van der Waals surface area contributed by atoms with Gasteiger partial charge in [-0.3, -0.25) is 0 Å². The van der Waals surface area contributed by atoms with Crippen LogP contribution < -0.4 is 15.2 Å². The van der Waals surface area contributed by atoms with Crippen LogP contribution in [0.25, 0.3) is 0 Å². The van der Waals surface area contributed by atoms with Crippen molar-refractivity contribution in [2.75, 3.05) is 13.1 Å². The largest absolute Gasteiger partial charge is 0.409 e. The minimum atomic E-state index is -3.47. The van der Waals surface area contributed by atoms with E-state index in [2.05, 4.69) is 14.6 Å². The maximum Gasteiger partial charge on any atom is 0.276 e. The van der Waals surface area contributed by atoms with E-state index in [9.17, 15) is 8.42 Å². The lowest BCUT2D eigenvalue weighted by atomic mass is 10.2. The standard InChI is InChI=1S/C7H18N4O3S/c1-6(2)5-10-15(13,14)9-4-3-7(8)11-12/h6,9-10,12H,3-5H2,1-2H3,(H2,8,11). The second kappa shape index (κ2) is 6.59. The molecule has 0 aromatic heterocycles. The number of hydrogen-bond acceptors (Lipinski definition) is 4. The molecule has 8 heteroatoms. The number of rotatable bonds is 7. The maximum absolute atomic E-state index is 11.2. The van der Waals surface area contributed by atoms with Crippen LogP contribution in [0.3, 0.4) is 0 Å². The smallest absolute Gasteiger partial charge is 0.276 e. The second-order valence-electron chi connectivity index (χ2n) is 3.48. The lowest BCUT2D eigenvalue weighted by molar-refractivity contribution is 0.317. The molecule has 0 fully saturated rings. The van der Waals surface area contributed by atoms with E-state index in [0.717, 1.165) is 0 Å². The minimum absolute atomic E-state index is 0.0124. The van der Waals surface area contributed by atoms with Crippen LogP contribution in [-0.4, -0.2) is 32.6 Å². The molecule has 90 valence electrons. The molecule has 0 saturated heterocycles. The third-order valence-corrected chi connectivity index (χ3v) is 2.61. The van der Waals surface area contributed by atoms with Gasteiger partial charge in [0.1, 0.15) is 5.84 Å². The molecule has 15 heavy (non-hydrogen) atoms. The number of nitrogens with two attached hydrogens (primary N) is 1. The quantitative estimate of drug-likeness (QED) is 0.201. The molecule has 0 aliphatic heterocycles. The minimum Gasteiger partial charge on any atom is -0.409 e. The van der Waals surface area contributed by atoms with Gasteiger partial charge in [-0.25, -0.2) is 9.44 Å². The summed E-state index contributed by atoms with van der Waals surface area (Å²) in [7, 11) is -3.47. The van der Waals surface area contributed by atoms with Crippen LogP contribution in [-0.2, 0) is 10.2 Å². The Kier molecular flexibility index (Phi) is 6.21. The van der Waals surface area contributed by atoms with Crippen molar-refractivity contribution in [3.8, 4) is 0 Å². The van der Waals surface area contributed by atoms with Crippen molar-refractivity contribution in [1.29, 1.82) is 0 Å². The third-order valence-electron chi connectivity index (χ3n) is 1.48. The van der Waals surface area contributed by atoms with E-state index in [-0.39, 0.29) is 24.7 Å². The van der Waals surface area contributed by atoms with Crippen LogP contribution in [0.4, 0.5) is 0 Å². The van der Waals surface area contributed by atoms with Gasteiger partial charge >= 0.3 is 0 Å². The highest BCUT2D eigenvalue weighted by Gasteiger charge is 2.09. The van der Waals surface area contributed by atoms with E-state index < -0.39 is 10.2 Å². The van der Waals surface area contributed by atoms with Gasteiger partial charge in [-0.1, -0.05) is 19.0 Å². The zero-order valence-electron chi connectivity index (χ0n) is 8.90. The van der Waals surface area contributed by atoms with E-state index in [1.807, 2.05) is 13.8 Å². The van der Waals surface area contributed by atoms with Gasteiger partial charge in [0.25, 0.3) is 10.2 Å². The van der Waals surface area contributed by atoms with E-state index in [0.29, 0.717) is 6.54 Å². The van der Waals surface area contributed by atoms with Crippen LogP contribution in [0.5, 0.6) is 0 Å². The molecule has 0 atom stereocenters. The summed E-state index contributed by atoms with van der Waals surface area (Å²) in [6.07, 6.45) is 0.166. The molecule has 0 aliphatic rings. The summed E-state index contributed by atoms with van der Waals surface area (Å²) < 4.78 is 27.1. The summed E-state index contributed by atoms with van der Waals surface area (Å²) in [6.45, 7) is 4.28. The SMILES string of the molecule is CC(C)CNS(=O)(=O)NCCC(N)=NO. The Hall–Kier alpha value is -0.860. The van der Waals surface area contributed by atoms with Crippen molar-refractivity contribution in [2.24, 2.45) is 16.8 Å². The number of nitrogens with one attached hydrogen (secondary N) is 2. The molecule has 5 N–H and O–H groups in total. The van der Waals surface area contributed by atoms with Crippen molar-refractivity contribution < 1.29 is 13.6 Å². The second-order valence-corrected chi connectivity index (χ2v) is 5.07. The predicted molar refractivity (Wildman–Crippen MR) is 57.8 cm³/mol. The summed E-state index contributed by atoms with van der Waals surface area (Å²) in [5.74, 6) is 0.229. The molecule has 0 rings (SSSR count). The third kappa shape index (κ3) is 8.16. The predicted octanol–water partition coefficient (Wildman–Crippen LogP) is -0.797. The fraction of sp³-hybridized carbons (Fsp3) is 0.857. The van der Waals surface area contributed by atoms with Gasteiger partial charge in [-0.2, -0.15) is 8.42 Å². The Balaban J connectivity index is 3.85. The van der Waals surface area contributed by atoms with E-state index in [1.54, 1.807) is 0 Å². The molecular weight excluding hydrogens is 220 g/mol. The van der Waals surface area contributed by atoms with Gasteiger partial charge in [0.2, 0.25) is 0 Å². The van der Waals surface area contributed by atoms with Gasteiger partial charge in [0.05, 0.1) is 0 Å². The molecule has 0 saturated carbocycles. The van der Waals surface area contributed by atoms with Crippen LogP contribution in [0.15, 0.2) is 5.16 Å². The van der Waals surface area contributed by atoms with Crippen LogP contribution in [0.2, 0.25) is 0 Å². The Bertz CT molecular complexity index is 299. The summed E-state index contributed by atoms with van der Waals surface area (Å²) >= 11 is 0. The molecule has 0 amide bonds. The zero-order valence-corrected chi connectivity index (χ0v) is 9.71. The summed E-state index contributed by atoms with van der Waals surface area (Å²) in [5.41, 5.74) is 5.17. The first kappa shape index (κ1) is 14.1. The van der Waals surface area contributed by atoms with Crippen molar-refractivity contribution in [3.05, 3.63) is 0 Å². The van der Waals surface area contributed by atoms with Gasteiger partial charge in [0.15, 0.2) is 0 Å². The molecule has 0 aromatic carbocycles. The molecule has 7 nitrogen and oxygen atoms in total. The van der Waals surface area contributed by atoms with Crippen LogP contribution >= 0.6 is 0 Å². The van der Waals surface area contributed by atoms with Gasteiger partial charge in [-0.15, -0.1) is 0 Å². The molecule has 0 aromatic rings. The fourth-order valence-corrected chi connectivity index (χ4v) is 1.72. The average molecular weight is 238 g/mol. The van der Waals surface area contributed by atoms with E-state index >= 15 is 0 Å². The number of hydrogen-bond donors (Lipinski definition) is 4. The molecule has 0 radical (unpaired) electrons. The highest BCUT2D eigenvalue weighted by molar-refractivity contribution is 7.87. The van der Waals surface area contributed by atoms with Gasteiger partial charge in [0, 0.05) is 19.5 Å². The van der Waals surface area contributed by atoms with Crippen molar-refractivity contribution in [2.45, 2.75) is 20.3 Å². The van der Waals surface area contributed by atoms with Crippen molar-refractivity contribution in [1.82, 2.24) is 9.44 Å². The Morgan fingerprint density at radius 2 is 2.07 bits per heavy atom. The Morgan fingerprint density at radius 1 is 1.47 bits per heavy atom. The molecule has 0 heterocycles. The Labute approximate surface area is 89.9 Å². The lowest BCUT2D eigenvalue weighted by Gasteiger charge is -2.09. The Morgan fingerprint density at radius 3 is 2.53 bits per heavy atom. The topological polar surface area (TPSA) is 117 Å². The first-order chi connectivity index (χ1) is 6.87. The zero-order chi connectivity index (χ0) is 11.9.